The molecule has 3 aromatic rings. The SMILES string of the molecule is C[C@@H](c1c[nH]c2ccccc12)[C@H](NC(=O)C1CCCN(C(=O)Cc2ccc3c(c2)OCO3)C1)C(=O)N[C@@H](CCCCN)C(=O)OC(C)(C)C. The molecule has 0 radical (unpaired) electrons. The van der Waals surface area contributed by atoms with Gasteiger partial charge in [-0.1, -0.05) is 31.2 Å². The molecule has 3 heterocycles. The van der Waals surface area contributed by atoms with E-state index in [1.165, 1.54) is 0 Å². The summed E-state index contributed by atoms with van der Waals surface area (Å²) in [5.74, 6) is -1.13. The summed E-state index contributed by atoms with van der Waals surface area (Å²) in [5, 5.41) is 6.87. The van der Waals surface area contributed by atoms with Crippen LogP contribution in [0.4, 0.5) is 0 Å². The minimum absolute atomic E-state index is 0.0875. The number of esters is 1. The molecule has 1 aromatic heterocycles. The van der Waals surface area contributed by atoms with E-state index in [1.807, 2.05) is 49.5 Å². The number of amides is 3. The van der Waals surface area contributed by atoms with Crippen LogP contribution in [-0.2, 0) is 30.3 Å². The zero-order valence-corrected chi connectivity index (χ0v) is 28.9. The standard InChI is InChI=1S/C37H49N5O7/c1-23(27-20-39-28-12-6-5-11-26(27)28)33(35(45)40-29(13-7-8-16-38)36(46)49-37(2,3)4)41-34(44)25-10-9-17-42(21-25)32(43)19-24-14-15-30-31(18-24)48-22-47-30/h5-6,11-12,14-15,18,20,23,25,29,33,39H,7-10,13,16-17,19,21-22,38H2,1-4H3,(H,40,45)(H,41,44)/t23-,25?,29-,33-/m0/s1. The van der Waals surface area contributed by atoms with Gasteiger partial charge in [0, 0.05) is 36.1 Å². The summed E-state index contributed by atoms with van der Waals surface area (Å²) < 4.78 is 16.5. The predicted octanol–water partition coefficient (Wildman–Crippen LogP) is 3.92. The number of fused-ring (bicyclic) bond motifs is 2. The maximum Gasteiger partial charge on any atom is 0.329 e. The highest BCUT2D eigenvalue weighted by atomic mass is 16.7. The fourth-order valence-electron chi connectivity index (χ4n) is 6.47. The number of carbonyl (C=O) groups excluding carboxylic acids is 4. The number of benzene rings is 2. The highest BCUT2D eigenvalue weighted by molar-refractivity contribution is 5.93. The second-order valence-corrected chi connectivity index (χ2v) is 14.0. The molecular weight excluding hydrogens is 626 g/mol. The van der Waals surface area contributed by atoms with Crippen molar-refractivity contribution in [2.45, 2.75) is 89.8 Å². The van der Waals surface area contributed by atoms with E-state index >= 15 is 0 Å². The Balaban J connectivity index is 1.33. The first-order chi connectivity index (χ1) is 23.4. The van der Waals surface area contributed by atoms with Crippen LogP contribution in [0, 0.1) is 5.92 Å². The molecule has 2 aliphatic rings. The normalized spacial score (nSPS) is 17.7. The molecule has 2 aromatic carbocycles. The zero-order chi connectivity index (χ0) is 35.1. The van der Waals surface area contributed by atoms with E-state index in [-0.39, 0.29) is 31.6 Å². The van der Waals surface area contributed by atoms with Crippen molar-refractivity contribution >= 4 is 34.6 Å². The molecule has 264 valence electrons. The molecule has 4 atom stereocenters. The number of nitrogens with one attached hydrogen (secondary N) is 3. The van der Waals surface area contributed by atoms with Crippen LogP contribution in [0.3, 0.4) is 0 Å². The average Bonchev–Trinajstić information content (AvgIpc) is 3.73. The van der Waals surface area contributed by atoms with Gasteiger partial charge in [0.2, 0.25) is 24.5 Å². The maximum absolute atomic E-state index is 14.2. The first-order valence-corrected chi connectivity index (χ1v) is 17.2. The third-order valence-electron chi connectivity index (χ3n) is 9.08. The topological polar surface area (TPSA) is 165 Å². The number of hydrogen-bond acceptors (Lipinski definition) is 8. The van der Waals surface area contributed by atoms with Gasteiger partial charge < -0.3 is 40.5 Å². The minimum atomic E-state index is -1.01. The number of ether oxygens (including phenoxy) is 3. The van der Waals surface area contributed by atoms with Crippen LogP contribution in [0.1, 0.15) is 76.8 Å². The Bertz CT molecular complexity index is 1650. The van der Waals surface area contributed by atoms with Gasteiger partial charge in [0.1, 0.15) is 17.7 Å². The van der Waals surface area contributed by atoms with Crippen LogP contribution in [0.15, 0.2) is 48.7 Å². The smallest absolute Gasteiger partial charge is 0.329 e. The van der Waals surface area contributed by atoms with Crippen LogP contribution in [-0.4, -0.2) is 77.7 Å². The molecule has 1 saturated heterocycles. The summed E-state index contributed by atoms with van der Waals surface area (Å²) in [6, 6.07) is 11.3. The third-order valence-corrected chi connectivity index (χ3v) is 9.08. The number of nitrogens with two attached hydrogens (primary N) is 1. The monoisotopic (exact) mass is 675 g/mol. The van der Waals surface area contributed by atoms with Gasteiger partial charge in [-0.25, -0.2) is 4.79 Å². The molecule has 0 bridgehead atoms. The number of aromatic amines is 1. The van der Waals surface area contributed by atoms with Crippen molar-refractivity contribution < 1.29 is 33.4 Å². The molecule has 5 N–H and O–H groups in total. The number of unbranched alkanes of at least 4 members (excludes halogenated alkanes) is 1. The van der Waals surface area contributed by atoms with E-state index in [0.29, 0.717) is 56.7 Å². The summed E-state index contributed by atoms with van der Waals surface area (Å²) in [5.41, 5.74) is 7.53. The quantitative estimate of drug-likeness (QED) is 0.156. The van der Waals surface area contributed by atoms with Gasteiger partial charge in [-0.15, -0.1) is 0 Å². The number of hydrogen-bond donors (Lipinski definition) is 4. The predicted molar refractivity (Wildman–Crippen MR) is 185 cm³/mol. The largest absolute Gasteiger partial charge is 0.458 e. The Morgan fingerprint density at radius 2 is 1.84 bits per heavy atom. The van der Waals surface area contributed by atoms with Gasteiger partial charge in [-0.05, 0) is 88.7 Å². The molecule has 1 unspecified atom stereocenters. The van der Waals surface area contributed by atoms with Crippen molar-refractivity contribution in [2.75, 3.05) is 26.4 Å². The van der Waals surface area contributed by atoms with E-state index in [2.05, 4.69) is 15.6 Å². The van der Waals surface area contributed by atoms with Crippen LogP contribution < -0.4 is 25.8 Å². The second kappa shape index (κ2) is 15.8. The second-order valence-electron chi connectivity index (χ2n) is 14.0. The minimum Gasteiger partial charge on any atom is -0.458 e. The first kappa shape index (κ1) is 35.7. The number of H-pyrrole nitrogens is 1. The number of nitrogens with zero attached hydrogens (tertiary/aromatic N) is 1. The van der Waals surface area contributed by atoms with E-state index < -0.39 is 41.4 Å². The molecule has 1 fully saturated rings. The van der Waals surface area contributed by atoms with Crippen molar-refractivity contribution in [3.63, 3.8) is 0 Å². The van der Waals surface area contributed by atoms with Gasteiger partial charge >= 0.3 is 5.97 Å². The summed E-state index contributed by atoms with van der Waals surface area (Å²) in [6.45, 7) is 8.62. The number of para-hydroxylation sites is 1. The zero-order valence-electron chi connectivity index (χ0n) is 28.9. The lowest BCUT2D eigenvalue weighted by Crippen LogP contribution is -2.56. The van der Waals surface area contributed by atoms with Crippen molar-refractivity contribution in [1.82, 2.24) is 20.5 Å². The third kappa shape index (κ3) is 9.11. The van der Waals surface area contributed by atoms with E-state index in [0.717, 1.165) is 22.0 Å². The molecule has 5 rings (SSSR count). The Morgan fingerprint density at radius 1 is 1.06 bits per heavy atom. The molecule has 0 saturated carbocycles. The number of likely N-dealkylation sites (tertiary alicyclic amines) is 1. The number of piperidine rings is 1. The van der Waals surface area contributed by atoms with Crippen molar-refractivity contribution in [1.29, 1.82) is 0 Å². The Labute approximate surface area is 287 Å². The lowest BCUT2D eigenvalue weighted by Gasteiger charge is -2.34. The molecule has 3 amide bonds. The highest BCUT2D eigenvalue weighted by Gasteiger charge is 2.36. The molecule has 49 heavy (non-hydrogen) atoms. The van der Waals surface area contributed by atoms with E-state index in [1.54, 1.807) is 31.7 Å². The van der Waals surface area contributed by atoms with Gasteiger partial charge in [-0.3, -0.25) is 14.4 Å². The van der Waals surface area contributed by atoms with Crippen LogP contribution in [0.5, 0.6) is 11.5 Å². The number of carbonyl (C=O) groups is 4. The first-order valence-electron chi connectivity index (χ1n) is 17.2. The fraction of sp³-hybridized carbons (Fsp3) is 0.514. The number of aromatic nitrogens is 1. The molecule has 0 aliphatic carbocycles. The van der Waals surface area contributed by atoms with E-state index in [9.17, 15) is 19.2 Å². The lowest BCUT2D eigenvalue weighted by molar-refractivity contribution is -0.159. The number of rotatable bonds is 13. The Morgan fingerprint density at radius 3 is 2.61 bits per heavy atom. The van der Waals surface area contributed by atoms with Crippen LogP contribution in [0.25, 0.3) is 10.9 Å². The van der Waals surface area contributed by atoms with Gasteiger partial charge in [0.05, 0.1) is 12.3 Å². The van der Waals surface area contributed by atoms with Crippen molar-refractivity contribution in [2.24, 2.45) is 11.7 Å². The van der Waals surface area contributed by atoms with Gasteiger partial charge in [-0.2, -0.15) is 0 Å². The molecule has 12 heteroatoms. The fourth-order valence-corrected chi connectivity index (χ4v) is 6.47. The van der Waals surface area contributed by atoms with E-state index in [4.69, 9.17) is 19.9 Å². The summed E-state index contributed by atoms with van der Waals surface area (Å²) in [4.78, 5) is 59.7. The van der Waals surface area contributed by atoms with Gasteiger partial charge in [0.25, 0.3) is 0 Å². The Hall–Kier alpha value is -4.58. The summed E-state index contributed by atoms with van der Waals surface area (Å²) in [7, 11) is 0. The molecule has 2 aliphatic heterocycles. The summed E-state index contributed by atoms with van der Waals surface area (Å²) in [6.07, 6.45) is 4.91. The Kier molecular flexibility index (Phi) is 11.5. The van der Waals surface area contributed by atoms with Crippen LogP contribution in [0.2, 0.25) is 0 Å². The molecule has 12 nitrogen and oxygen atoms in total. The van der Waals surface area contributed by atoms with Crippen molar-refractivity contribution in [3.8, 4) is 11.5 Å². The molecule has 0 spiro atoms. The van der Waals surface area contributed by atoms with Gasteiger partial charge in [0.15, 0.2) is 11.5 Å². The summed E-state index contributed by atoms with van der Waals surface area (Å²) >= 11 is 0. The van der Waals surface area contributed by atoms with Crippen molar-refractivity contribution in [3.05, 3.63) is 59.8 Å². The average molecular weight is 676 g/mol. The maximum atomic E-state index is 14.2. The highest BCUT2D eigenvalue weighted by Crippen LogP contribution is 2.33. The lowest BCUT2D eigenvalue weighted by atomic mass is 9.90. The molecular formula is C37H49N5O7. The van der Waals surface area contributed by atoms with Crippen LogP contribution >= 0.6 is 0 Å².